The molecule has 0 amide bonds. The van der Waals surface area contributed by atoms with E-state index in [0.29, 0.717) is 0 Å². The van der Waals surface area contributed by atoms with Gasteiger partial charge in [0.1, 0.15) is 0 Å². The van der Waals surface area contributed by atoms with Crippen LogP contribution in [0.25, 0.3) is 11.1 Å². The van der Waals surface area contributed by atoms with Gasteiger partial charge in [-0.2, -0.15) is 0 Å². The highest BCUT2D eigenvalue weighted by atomic mass is 14.8. The monoisotopic (exact) mass is 198 g/mol. The van der Waals surface area contributed by atoms with Gasteiger partial charge in [-0.3, -0.25) is 0 Å². The van der Waals surface area contributed by atoms with Gasteiger partial charge in [0.05, 0.1) is 0 Å². The Morgan fingerprint density at radius 1 is 0.933 bits per heavy atom. The van der Waals surface area contributed by atoms with Crippen molar-refractivity contribution in [1.82, 2.24) is 0 Å². The third-order valence-electron chi connectivity index (χ3n) is 2.37. The Kier molecular flexibility index (Phi) is 2.59. The summed E-state index contributed by atoms with van der Waals surface area (Å²) in [5.41, 5.74) is 9.97. The van der Waals surface area contributed by atoms with Crippen LogP contribution in [0.5, 0.6) is 0 Å². The first-order chi connectivity index (χ1) is 7.29. The van der Waals surface area contributed by atoms with Crippen molar-refractivity contribution in [2.24, 2.45) is 0 Å². The quantitative estimate of drug-likeness (QED) is 0.728. The number of rotatable bonds is 2. The zero-order valence-corrected chi connectivity index (χ0v) is 8.70. The highest BCUT2D eigenvalue weighted by Gasteiger charge is 1.98. The molecule has 2 aromatic carbocycles. The third-order valence-corrected chi connectivity index (χ3v) is 2.37. The van der Waals surface area contributed by atoms with Gasteiger partial charge in [0.15, 0.2) is 0 Å². The van der Waals surface area contributed by atoms with E-state index in [1.807, 2.05) is 37.4 Å². The Balaban J connectivity index is 2.44. The molecule has 0 bridgehead atoms. The molecule has 2 aromatic rings. The lowest BCUT2D eigenvalue weighted by Gasteiger charge is -2.05. The van der Waals surface area contributed by atoms with E-state index in [0.717, 1.165) is 16.9 Å². The van der Waals surface area contributed by atoms with Crippen molar-refractivity contribution < 1.29 is 0 Å². The zero-order valence-electron chi connectivity index (χ0n) is 8.70. The van der Waals surface area contributed by atoms with Gasteiger partial charge < -0.3 is 11.1 Å². The minimum absolute atomic E-state index is 0.794. The van der Waals surface area contributed by atoms with E-state index in [-0.39, 0.29) is 0 Å². The van der Waals surface area contributed by atoms with Crippen LogP contribution in [0.3, 0.4) is 0 Å². The summed E-state index contributed by atoms with van der Waals surface area (Å²) < 4.78 is 0. The third kappa shape index (κ3) is 2.10. The van der Waals surface area contributed by atoms with E-state index in [9.17, 15) is 0 Å². The lowest BCUT2D eigenvalue weighted by atomic mass is 10.0. The fourth-order valence-electron chi connectivity index (χ4n) is 1.57. The molecule has 2 nitrogen and oxygen atoms in total. The highest BCUT2D eigenvalue weighted by Crippen LogP contribution is 2.23. The van der Waals surface area contributed by atoms with Crippen molar-refractivity contribution in [1.29, 1.82) is 0 Å². The number of nitrogens with one attached hydrogen (secondary N) is 1. The van der Waals surface area contributed by atoms with Crippen molar-refractivity contribution in [3.05, 3.63) is 48.5 Å². The van der Waals surface area contributed by atoms with Crippen molar-refractivity contribution in [3.63, 3.8) is 0 Å². The van der Waals surface area contributed by atoms with Crippen LogP contribution >= 0.6 is 0 Å². The van der Waals surface area contributed by atoms with Gasteiger partial charge in [0.25, 0.3) is 0 Å². The Morgan fingerprint density at radius 3 is 2.27 bits per heavy atom. The summed E-state index contributed by atoms with van der Waals surface area (Å²) in [4.78, 5) is 0. The molecule has 0 heterocycles. The largest absolute Gasteiger partial charge is 0.399 e. The molecule has 0 atom stereocenters. The van der Waals surface area contributed by atoms with Crippen molar-refractivity contribution >= 4 is 11.4 Å². The normalized spacial score (nSPS) is 9.93. The van der Waals surface area contributed by atoms with Crippen LogP contribution in [0, 0.1) is 0 Å². The van der Waals surface area contributed by atoms with Gasteiger partial charge >= 0.3 is 0 Å². The highest BCUT2D eigenvalue weighted by molar-refractivity contribution is 5.70. The number of nitrogens with two attached hydrogens (primary N) is 1. The molecule has 0 aliphatic heterocycles. The fourth-order valence-corrected chi connectivity index (χ4v) is 1.57. The minimum Gasteiger partial charge on any atom is -0.399 e. The van der Waals surface area contributed by atoms with Gasteiger partial charge in [0, 0.05) is 18.4 Å². The predicted molar refractivity (Wildman–Crippen MR) is 65.8 cm³/mol. The zero-order chi connectivity index (χ0) is 10.7. The average molecular weight is 198 g/mol. The first-order valence-electron chi connectivity index (χ1n) is 4.93. The lowest BCUT2D eigenvalue weighted by Crippen LogP contribution is -1.89. The number of hydrogen-bond acceptors (Lipinski definition) is 2. The molecule has 0 spiro atoms. The molecular weight excluding hydrogens is 184 g/mol. The van der Waals surface area contributed by atoms with Gasteiger partial charge in [-0.25, -0.2) is 0 Å². The van der Waals surface area contributed by atoms with Crippen LogP contribution in [0.15, 0.2) is 48.5 Å². The first-order valence-corrected chi connectivity index (χ1v) is 4.93. The summed E-state index contributed by atoms with van der Waals surface area (Å²) in [6.45, 7) is 0. The molecule has 0 aliphatic rings. The molecule has 2 heteroatoms. The molecule has 0 radical (unpaired) electrons. The lowest BCUT2D eigenvalue weighted by molar-refractivity contribution is 1.51. The van der Waals surface area contributed by atoms with Crippen LogP contribution in [-0.2, 0) is 0 Å². The standard InChI is InChI=1S/C13H14N2/c1-15-13-7-3-5-11(9-13)10-4-2-6-12(14)8-10/h2-9,15H,14H2,1H3. The number of hydrogen-bond donors (Lipinski definition) is 2. The topological polar surface area (TPSA) is 38.0 Å². The first kappa shape index (κ1) is 9.59. The van der Waals surface area contributed by atoms with E-state index in [1.165, 1.54) is 5.56 Å². The molecule has 15 heavy (non-hydrogen) atoms. The van der Waals surface area contributed by atoms with Crippen LogP contribution in [0.4, 0.5) is 11.4 Å². The molecule has 0 fully saturated rings. The maximum Gasteiger partial charge on any atom is 0.0343 e. The molecule has 0 aromatic heterocycles. The van der Waals surface area contributed by atoms with Crippen LogP contribution in [-0.4, -0.2) is 7.05 Å². The Hall–Kier alpha value is -1.96. The van der Waals surface area contributed by atoms with E-state index >= 15 is 0 Å². The fraction of sp³-hybridized carbons (Fsp3) is 0.0769. The summed E-state index contributed by atoms with van der Waals surface area (Å²) in [5.74, 6) is 0. The average Bonchev–Trinajstić information content (AvgIpc) is 2.29. The van der Waals surface area contributed by atoms with E-state index in [2.05, 4.69) is 23.5 Å². The van der Waals surface area contributed by atoms with Crippen molar-refractivity contribution in [2.75, 3.05) is 18.1 Å². The summed E-state index contributed by atoms with van der Waals surface area (Å²) in [6.07, 6.45) is 0. The number of benzene rings is 2. The molecule has 0 saturated heterocycles. The number of nitrogen functional groups attached to an aromatic ring is 1. The number of anilines is 2. The van der Waals surface area contributed by atoms with Crippen LogP contribution in [0.1, 0.15) is 0 Å². The molecule has 0 saturated carbocycles. The van der Waals surface area contributed by atoms with Gasteiger partial charge in [0.2, 0.25) is 0 Å². The van der Waals surface area contributed by atoms with Crippen molar-refractivity contribution in [2.45, 2.75) is 0 Å². The SMILES string of the molecule is CNc1cccc(-c2cccc(N)c2)c1. The summed E-state index contributed by atoms with van der Waals surface area (Å²) >= 11 is 0. The smallest absolute Gasteiger partial charge is 0.0343 e. The van der Waals surface area contributed by atoms with E-state index in [1.54, 1.807) is 0 Å². The molecular formula is C13H14N2. The van der Waals surface area contributed by atoms with E-state index < -0.39 is 0 Å². The molecule has 2 rings (SSSR count). The van der Waals surface area contributed by atoms with Crippen LogP contribution < -0.4 is 11.1 Å². The van der Waals surface area contributed by atoms with Gasteiger partial charge in [-0.1, -0.05) is 24.3 Å². The Morgan fingerprint density at radius 2 is 1.60 bits per heavy atom. The summed E-state index contributed by atoms with van der Waals surface area (Å²) in [6, 6.07) is 16.2. The van der Waals surface area contributed by atoms with Gasteiger partial charge in [-0.05, 0) is 35.4 Å². The van der Waals surface area contributed by atoms with E-state index in [4.69, 9.17) is 5.73 Å². The second kappa shape index (κ2) is 4.05. The second-order valence-corrected chi connectivity index (χ2v) is 3.46. The van der Waals surface area contributed by atoms with Crippen molar-refractivity contribution in [3.8, 4) is 11.1 Å². The Bertz CT molecular complexity index is 464. The predicted octanol–water partition coefficient (Wildman–Crippen LogP) is 2.98. The second-order valence-electron chi connectivity index (χ2n) is 3.46. The summed E-state index contributed by atoms with van der Waals surface area (Å²) in [5, 5.41) is 3.12. The maximum absolute atomic E-state index is 5.75. The molecule has 3 N–H and O–H groups in total. The van der Waals surface area contributed by atoms with Gasteiger partial charge in [-0.15, -0.1) is 0 Å². The maximum atomic E-state index is 5.75. The molecule has 76 valence electrons. The minimum atomic E-state index is 0.794. The molecule has 0 unspecified atom stereocenters. The Labute approximate surface area is 89.7 Å². The van der Waals surface area contributed by atoms with Crippen LogP contribution in [0.2, 0.25) is 0 Å². The molecule has 0 aliphatic carbocycles. The summed E-state index contributed by atoms with van der Waals surface area (Å²) in [7, 11) is 1.92.